The molecule has 0 aliphatic heterocycles. The van der Waals surface area contributed by atoms with Crippen molar-refractivity contribution in [3.05, 3.63) is 128 Å². The third-order valence-corrected chi connectivity index (χ3v) is 9.20. The van der Waals surface area contributed by atoms with Crippen LogP contribution in [0.4, 0.5) is 0 Å². The van der Waals surface area contributed by atoms with Crippen molar-refractivity contribution in [1.82, 2.24) is 4.98 Å². The van der Waals surface area contributed by atoms with E-state index in [9.17, 15) is 0 Å². The topological polar surface area (TPSA) is 12.9 Å². The van der Waals surface area contributed by atoms with Crippen LogP contribution in [0.5, 0.6) is 0 Å². The number of fused-ring (bicyclic) bond motifs is 10. The Kier molecular flexibility index (Phi) is 3.73. The van der Waals surface area contributed by atoms with Crippen molar-refractivity contribution in [2.24, 2.45) is 0 Å². The minimum atomic E-state index is 1.14. The molecule has 9 aromatic carbocycles. The highest BCUT2D eigenvalue weighted by atomic mass is 14.6. The molecular weight excluding hydrogens is 482 g/mol. The molecule has 1 heteroatoms. The Bertz CT molecular complexity index is 2630. The molecule has 40 heavy (non-hydrogen) atoms. The Morgan fingerprint density at radius 2 is 0.750 bits per heavy atom. The van der Waals surface area contributed by atoms with Gasteiger partial charge < -0.3 is 0 Å². The lowest BCUT2D eigenvalue weighted by Gasteiger charge is -2.23. The lowest BCUT2D eigenvalue weighted by atomic mass is 9.79. The van der Waals surface area contributed by atoms with Gasteiger partial charge in [0.2, 0.25) is 0 Å². The zero-order valence-electron chi connectivity index (χ0n) is 21.6. The van der Waals surface area contributed by atoms with Gasteiger partial charge in [-0.2, -0.15) is 0 Å². The molecule has 0 bridgehead atoms. The molecule has 0 N–H and O–H groups in total. The number of hydrogen-bond donors (Lipinski definition) is 0. The van der Waals surface area contributed by atoms with Gasteiger partial charge >= 0.3 is 0 Å². The number of hydrogen-bond acceptors (Lipinski definition) is 1. The summed E-state index contributed by atoms with van der Waals surface area (Å²) in [7, 11) is 0. The molecule has 0 amide bonds. The average molecular weight is 504 g/mol. The van der Waals surface area contributed by atoms with E-state index in [0.717, 1.165) is 5.56 Å². The van der Waals surface area contributed by atoms with Crippen molar-refractivity contribution in [2.75, 3.05) is 0 Å². The molecule has 1 nitrogen and oxygen atoms in total. The van der Waals surface area contributed by atoms with Crippen molar-refractivity contribution in [1.29, 1.82) is 0 Å². The summed E-state index contributed by atoms with van der Waals surface area (Å²) in [6, 6.07) is 42.9. The van der Waals surface area contributed by atoms with E-state index in [4.69, 9.17) is 0 Å². The Morgan fingerprint density at radius 3 is 1.27 bits per heavy atom. The highest BCUT2D eigenvalue weighted by Gasteiger charge is 2.24. The molecule has 0 fully saturated rings. The number of pyridine rings is 1. The number of benzene rings is 9. The van der Waals surface area contributed by atoms with E-state index in [0.29, 0.717) is 0 Å². The fourth-order valence-electron chi connectivity index (χ4n) is 7.67. The summed E-state index contributed by atoms with van der Waals surface area (Å²) in [5, 5.41) is 21.5. The second-order valence-electron chi connectivity index (χ2n) is 11.0. The highest BCUT2D eigenvalue weighted by Crippen LogP contribution is 2.53. The van der Waals surface area contributed by atoms with Crippen molar-refractivity contribution in [2.45, 2.75) is 0 Å². The zero-order chi connectivity index (χ0) is 25.9. The Balaban J connectivity index is 1.64. The first kappa shape index (κ1) is 20.7. The van der Waals surface area contributed by atoms with Crippen molar-refractivity contribution < 1.29 is 0 Å². The van der Waals surface area contributed by atoms with Crippen LogP contribution in [0.3, 0.4) is 0 Å². The van der Waals surface area contributed by atoms with Crippen LogP contribution in [-0.2, 0) is 0 Å². The normalized spacial score (nSPS) is 12.5. The zero-order valence-corrected chi connectivity index (χ0v) is 21.6. The third-order valence-electron chi connectivity index (χ3n) is 9.20. The lowest BCUT2D eigenvalue weighted by Crippen LogP contribution is -1.95. The molecule has 0 spiro atoms. The van der Waals surface area contributed by atoms with E-state index in [2.05, 4.69) is 114 Å². The van der Waals surface area contributed by atoms with Crippen molar-refractivity contribution in [3.63, 3.8) is 0 Å². The first-order valence-corrected chi connectivity index (χ1v) is 13.9. The maximum Gasteiger partial charge on any atom is 0.0346 e. The minimum Gasteiger partial charge on any atom is -0.264 e. The second kappa shape index (κ2) is 7.22. The van der Waals surface area contributed by atoms with Gasteiger partial charge in [0, 0.05) is 18.0 Å². The highest BCUT2D eigenvalue weighted by molar-refractivity contribution is 6.52. The quantitative estimate of drug-likeness (QED) is 0.160. The molecule has 0 radical (unpaired) electrons. The fraction of sp³-hybridized carbons (Fsp3) is 0. The fourth-order valence-corrected chi connectivity index (χ4v) is 7.67. The van der Waals surface area contributed by atoms with Crippen LogP contribution in [-0.4, -0.2) is 4.98 Å². The van der Waals surface area contributed by atoms with Crippen LogP contribution in [0.15, 0.2) is 128 Å². The summed E-state index contributed by atoms with van der Waals surface area (Å²) in [4.78, 5) is 4.43. The SMILES string of the molecule is c1cncc(-c2ccc3c(c2)c2c4ccccc4c4cccc5c6cccc7c8ccccc8c3c(c76)c2c45)c1. The number of rotatable bonds is 1. The van der Waals surface area contributed by atoms with Gasteiger partial charge in [-0.05, 0) is 104 Å². The van der Waals surface area contributed by atoms with Crippen LogP contribution >= 0.6 is 0 Å². The molecule has 10 rings (SSSR count). The van der Waals surface area contributed by atoms with E-state index in [1.807, 2.05) is 18.5 Å². The Hall–Kier alpha value is -5.27. The summed E-state index contributed by atoms with van der Waals surface area (Å²) in [6.45, 7) is 0. The molecular formula is C39H21N. The molecule has 0 aliphatic rings. The van der Waals surface area contributed by atoms with E-state index in [-0.39, 0.29) is 0 Å². The summed E-state index contributed by atoms with van der Waals surface area (Å²) in [6.07, 6.45) is 3.81. The van der Waals surface area contributed by atoms with Gasteiger partial charge in [0.05, 0.1) is 0 Å². The summed E-state index contributed by atoms with van der Waals surface area (Å²) in [5.41, 5.74) is 2.34. The van der Waals surface area contributed by atoms with Crippen molar-refractivity contribution >= 4 is 86.2 Å². The average Bonchev–Trinajstić information content (AvgIpc) is 3.03. The number of nitrogens with zero attached hydrogens (tertiary/aromatic N) is 1. The molecule has 0 aliphatic carbocycles. The van der Waals surface area contributed by atoms with Gasteiger partial charge in [-0.1, -0.05) is 103 Å². The summed E-state index contributed by atoms with van der Waals surface area (Å²) >= 11 is 0. The van der Waals surface area contributed by atoms with E-state index in [1.165, 1.54) is 91.7 Å². The molecule has 1 aromatic heterocycles. The van der Waals surface area contributed by atoms with E-state index in [1.54, 1.807) is 0 Å². The van der Waals surface area contributed by atoms with Crippen molar-refractivity contribution in [3.8, 4) is 11.1 Å². The lowest BCUT2D eigenvalue weighted by molar-refractivity contribution is 1.33. The minimum absolute atomic E-state index is 1.14. The van der Waals surface area contributed by atoms with Crippen LogP contribution in [0, 0.1) is 0 Å². The Labute approximate surface area is 229 Å². The van der Waals surface area contributed by atoms with Gasteiger partial charge in [0.15, 0.2) is 0 Å². The maximum atomic E-state index is 4.43. The molecule has 0 unspecified atom stereocenters. The smallest absolute Gasteiger partial charge is 0.0346 e. The second-order valence-corrected chi connectivity index (χ2v) is 11.0. The van der Waals surface area contributed by atoms with E-state index >= 15 is 0 Å². The number of aromatic nitrogens is 1. The Morgan fingerprint density at radius 1 is 0.300 bits per heavy atom. The predicted molar refractivity (Wildman–Crippen MR) is 172 cm³/mol. The van der Waals surface area contributed by atoms with Crippen LogP contribution in [0.1, 0.15) is 0 Å². The molecule has 0 atom stereocenters. The molecule has 0 saturated carbocycles. The molecule has 1 heterocycles. The standard InChI is InChI=1S/C39H21N/c1-3-11-26-24(9-1)28-13-5-15-30-31-16-6-14-29-25-10-2-4-12-27(25)37-33-20-22(23-8-7-19-40-21-23)17-18-32(33)36(26)38(34(28)30)39(37)35(29)31/h1-21H. The van der Waals surface area contributed by atoms with Crippen LogP contribution < -0.4 is 0 Å². The van der Waals surface area contributed by atoms with Gasteiger partial charge in [-0.15, -0.1) is 0 Å². The summed E-state index contributed by atoms with van der Waals surface area (Å²) in [5.74, 6) is 0. The van der Waals surface area contributed by atoms with Gasteiger partial charge in [-0.3, -0.25) is 4.98 Å². The summed E-state index contributed by atoms with van der Waals surface area (Å²) < 4.78 is 0. The van der Waals surface area contributed by atoms with Crippen LogP contribution in [0.2, 0.25) is 0 Å². The first-order chi connectivity index (χ1) is 19.9. The van der Waals surface area contributed by atoms with Gasteiger partial charge in [-0.25, -0.2) is 0 Å². The van der Waals surface area contributed by atoms with Crippen LogP contribution in [0.25, 0.3) is 97.3 Å². The monoisotopic (exact) mass is 503 g/mol. The molecule has 10 aromatic rings. The largest absolute Gasteiger partial charge is 0.264 e. The first-order valence-electron chi connectivity index (χ1n) is 13.9. The third kappa shape index (κ3) is 2.38. The predicted octanol–water partition coefficient (Wildman–Crippen LogP) is 10.8. The molecule has 0 saturated heterocycles. The van der Waals surface area contributed by atoms with Gasteiger partial charge in [0.25, 0.3) is 0 Å². The maximum absolute atomic E-state index is 4.43. The van der Waals surface area contributed by atoms with E-state index < -0.39 is 0 Å². The molecule has 182 valence electrons. The van der Waals surface area contributed by atoms with Gasteiger partial charge in [0.1, 0.15) is 0 Å².